The average molecular weight is 202 g/mol. The van der Waals surface area contributed by atoms with Crippen molar-refractivity contribution < 1.29 is 4.79 Å². The molecule has 0 aliphatic carbocycles. The highest BCUT2D eigenvalue weighted by Crippen LogP contribution is 1.94. The van der Waals surface area contributed by atoms with Crippen molar-refractivity contribution in [3.63, 3.8) is 0 Å². The fraction of sp³-hybridized carbons (Fsp3) is 0.857. The SMILES string of the molecule is CSCCC(=O)NCCCN=[N+]=[N-]. The standard InChI is InChI=1S/C7H14N4OS/c1-13-6-3-7(12)9-4-2-5-10-11-8/h2-6H2,1H3,(H,9,12). The number of carbonyl (C=O) groups is 1. The first-order chi connectivity index (χ1) is 6.31. The Kier molecular flexibility index (Phi) is 8.60. The molecule has 0 heterocycles. The Morgan fingerprint density at radius 1 is 1.69 bits per heavy atom. The molecule has 0 aliphatic rings. The highest BCUT2D eigenvalue weighted by atomic mass is 32.2. The molecule has 1 amide bonds. The van der Waals surface area contributed by atoms with Gasteiger partial charge in [-0.2, -0.15) is 11.8 Å². The van der Waals surface area contributed by atoms with Gasteiger partial charge in [0.05, 0.1) is 0 Å². The molecule has 6 heteroatoms. The largest absolute Gasteiger partial charge is 0.356 e. The molecule has 0 rings (SSSR count). The molecule has 0 saturated carbocycles. The van der Waals surface area contributed by atoms with Crippen LogP contribution in [0.3, 0.4) is 0 Å². The van der Waals surface area contributed by atoms with E-state index in [-0.39, 0.29) is 5.91 Å². The molecule has 0 radical (unpaired) electrons. The molecular weight excluding hydrogens is 188 g/mol. The number of hydrogen-bond donors (Lipinski definition) is 1. The van der Waals surface area contributed by atoms with Crippen molar-refractivity contribution >= 4 is 17.7 Å². The zero-order valence-electron chi connectivity index (χ0n) is 7.69. The number of rotatable bonds is 7. The molecule has 0 aromatic rings. The van der Waals surface area contributed by atoms with Crippen molar-refractivity contribution in [3.8, 4) is 0 Å². The van der Waals surface area contributed by atoms with Crippen molar-refractivity contribution in [1.82, 2.24) is 5.32 Å². The molecule has 0 unspecified atom stereocenters. The Labute approximate surface area is 81.9 Å². The third-order valence-electron chi connectivity index (χ3n) is 1.35. The predicted molar refractivity (Wildman–Crippen MR) is 54.6 cm³/mol. The van der Waals surface area contributed by atoms with Crippen LogP contribution in [0.2, 0.25) is 0 Å². The molecule has 0 aromatic carbocycles. The smallest absolute Gasteiger partial charge is 0.220 e. The zero-order valence-corrected chi connectivity index (χ0v) is 8.51. The molecule has 5 nitrogen and oxygen atoms in total. The second-order valence-corrected chi connectivity index (χ2v) is 3.39. The minimum Gasteiger partial charge on any atom is -0.356 e. The minimum atomic E-state index is 0.0651. The van der Waals surface area contributed by atoms with Crippen molar-refractivity contribution in [2.45, 2.75) is 12.8 Å². The van der Waals surface area contributed by atoms with Crippen LogP contribution in [-0.4, -0.2) is 31.0 Å². The van der Waals surface area contributed by atoms with Crippen LogP contribution in [0.15, 0.2) is 5.11 Å². The zero-order chi connectivity index (χ0) is 9.94. The lowest BCUT2D eigenvalue weighted by atomic mass is 10.4. The van der Waals surface area contributed by atoms with E-state index in [1.807, 2.05) is 6.26 Å². The van der Waals surface area contributed by atoms with Crippen LogP contribution in [0.1, 0.15) is 12.8 Å². The van der Waals surface area contributed by atoms with Crippen LogP contribution >= 0.6 is 11.8 Å². The van der Waals surface area contributed by atoms with E-state index in [0.717, 1.165) is 5.75 Å². The van der Waals surface area contributed by atoms with Gasteiger partial charge in [0.25, 0.3) is 0 Å². The summed E-state index contributed by atoms with van der Waals surface area (Å²) in [5.41, 5.74) is 7.96. The third-order valence-corrected chi connectivity index (χ3v) is 1.97. The maximum absolute atomic E-state index is 11.0. The minimum absolute atomic E-state index is 0.0651. The molecule has 0 bridgehead atoms. The van der Waals surface area contributed by atoms with E-state index in [4.69, 9.17) is 5.53 Å². The van der Waals surface area contributed by atoms with Crippen LogP contribution in [0.5, 0.6) is 0 Å². The number of amides is 1. The highest BCUT2D eigenvalue weighted by Gasteiger charge is 1.97. The summed E-state index contributed by atoms with van der Waals surface area (Å²) in [6, 6.07) is 0. The van der Waals surface area contributed by atoms with Crippen molar-refractivity contribution in [3.05, 3.63) is 10.4 Å². The second kappa shape index (κ2) is 9.22. The van der Waals surface area contributed by atoms with E-state index in [1.54, 1.807) is 11.8 Å². The van der Waals surface area contributed by atoms with Crippen molar-refractivity contribution in [2.75, 3.05) is 25.1 Å². The Balaban J connectivity index is 3.21. The number of nitrogens with one attached hydrogen (secondary N) is 1. The van der Waals surface area contributed by atoms with Gasteiger partial charge in [0.2, 0.25) is 5.91 Å². The Hall–Kier alpha value is -0.870. The van der Waals surface area contributed by atoms with E-state index in [9.17, 15) is 4.79 Å². The lowest BCUT2D eigenvalue weighted by molar-refractivity contribution is -0.120. The summed E-state index contributed by atoms with van der Waals surface area (Å²) in [5.74, 6) is 0.914. The first kappa shape index (κ1) is 12.1. The lowest BCUT2D eigenvalue weighted by Gasteiger charge is -2.01. The molecule has 1 N–H and O–H groups in total. The van der Waals surface area contributed by atoms with Gasteiger partial charge in [0.15, 0.2) is 0 Å². The fourth-order valence-electron chi connectivity index (χ4n) is 0.705. The summed E-state index contributed by atoms with van der Waals surface area (Å²) in [6.45, 7) is 1.03. The summed E-state index contributed by atoms with van der Waals surface area (Å²) in [4.78, 5) is 13.6. The molecule has 0 atom stereocenters. The summed E-state index contributed by atoms with van der Waals surface area (Å²) >= 11 is 1.65. The van der Waals surface area contributed by atoms with E-state index >= 15 is 0 Å². The molecule has 0 aromatic heterocycles. The Morgan fingerprint density at radius 2 is 2.46 bits per heavy atom. The van der Waals surface area contributed by atoms with Crippen LogP contribution in [0.25, 0.3) is 10.4 Å². The van der Waals surface area contributed by atoms with Gasteiger partial charge in [-0.3, -0.25) is 4.79 Å². The van der Waals surface area contributed by atoms with E-state index in [1.165, 1.54) is 0 Å². The number of thioether (sulfide) groups is 1. The number of nitrogens with zero attached hydrogens (tertiary/aromatic N) is 3. The highest BCUT2D eigenvalue weighted by molar-refractivity contribution is 7.98. The molecule has 0 saturated heterocycles. The van der Waals surface area contributed by atoms with Crippen LogP contribution in [0.4, 0.5) is 0 Å². The summed E-state index contributed by atoms with van der Waals surface area (Å²) in [7, 11) is 0. The maximum Gasteiger partial charge on any atom is 0.220 e. The van der Waals surface area contributed by atoms with Gasteiger partial charge < -0.3 is 5.32 Å². The maximum atomic E-state index is 11.0. The Morgan fingerprint density at radius 3 is 3.08 bits per heavy atom. The summed E-state index contributed by atoms with van der Waals surface area (Å²) in [6.07, 6.45) is 3.23. The first-order valence-corrected chi connectivity index (χ1v) is 5.47. The number of azide groups is 1. The van der Waals surface area contributed by atoms with Gasteiger partial charge in [-0.05, 0) is 18.2 Å². The summed E-state index contributed by atoms with van der Waals surface area (Å²) < 4.78 is 0. The van der Waals surface area contributed by atoms with E-state index in [0.29, 0.717) is 25.9 Å². The quantitative estimate of drug-likeness (QED) is 0.294. The monoisotopic (exact) mass is 202 g/mol. The van der Waals surface area contributed by atoms with Gasteiger partial charge in [-0.15, -0.1) is 0 Å². The van der Waals surface area contributed by atoms with E-state index in [2.05, 4.69) is 15.3 Å². The predicted octanol–water partition coefficient (Wildman–Crippen LogP) is 1.56. The normalized spacial score (nSPS) is 9.00. The van der Waals surface area contributed by atoms with Gasteiger partial charge in [0.1, 0.15) is 0 Å². The molecule has 0 spiro atoms. The van der Waals surface area contributed by atoms with Gasteiger partial charge in [0, 0.05) is 30.2 Å². The third kappa shape index (κ3) is 9.04. The molecular formula is C7H14N4OS. The fourth-order valence-corrected chi connectivity index (χ4v) is 1.09. The second-order valence-electron chi connectivity index (χ2n) is 2.40. The van der Waals surface area contributed by atoms with Gasteiger partial charge >= 0.3 is 0 Å². The average Bonchev–Trinajstić information content (AvgIpc) is 2.14. The first-order valence-electron chi connectivity index (χ1n) is 4.07. The number of carbonyl (C=O) groups excluding carboxylic acids is 1. The van der Waals surface area contributed by atoms with Crippen LogP contribution in [0, 0.1) is 0 Å². The molecule has 13 heavy (non-hydrogen) atoms. The summed E-state index contributed by atoms with van der Waals surface area (Å²) in [5, 5.41) is 6.10. The van der Waals surface area contributed by atoms with Gasteiger partial charge in [-0.25, -0.2) is 0 Å². The van der Waals surface area contributed by atoms with Crippen LogP contribution < -0.4 is 5.32 Å². The van der Waals surface area contributed by atoms with Crippen molar-refractivity contribution in [2.24, 2.45) is 5.11 Å². The van der Waals surface area contributed by atoms with Crippen molar-refractivity contribution in [1.29, 1.82) is 0 Å². The molecule has 74 valence electrons. The van der Waals surface area contributed by atoms with E-state index < -0.39 is 0 Å². The molecule has 0 aliphatic heterocycles. The number of hydrogen-bond acceptors (Lipinski definition) is 3. The lowest BCUT2D eigenvalue weighted by Crippen LogP contribution is -2.24. The Bertz CT molecular complexity index is 191. The topological polar surface area (TPSA) is 77.9 Å². The van der Waals surface area contributed by atoms with Crippen LogP contribution in [-0.2, 0) is 4.79 Å². The van der Waals surface area contributed by atoms with Gasteiger partial charge in [-0.1, -0.05) is 5.11 Å². The molecule has 0 fully saturated rings.